The zero-order chi connectivity index (χ0) is 17.5. The topological polar surface area (TPSA) is 64.1 Å². The second-order valence-electron chi connectivity index (χ2n) is 6.61. The van der Waals surface area contributed by atoms with E-state index >= 15 is 0 Å². The number of nitrogens with zero attached hydrogens (tertiary/aromatic N) is 1. The van der Waals surface area contributed by atoms with E-state index in [4.69, 9.17) is 14.2 Å². The maximum Gasteiger partial charge on any atom is 0.190 e. The highest BCUT2D eigenvalue weighted by Crippen LogP contribution is 2.40. The van der Waals surface area contributed by atoms with Gasteiger partial charge >= 0.3 is 0 Å². The van der Waals surface area contributed by atoms with E-state index in [1.807, 2.05) is 7.05 Å². The van der Waals surface area contributed by atoms with Crippen LogP contribution in [0.4, 0.5) is 0 Å². The third kappa shape index (κ3) is 8.85. The molecule has 1 aliphatic rings. The van der Waals surface area contributed by atoms with Gasteiger partial charge in [0.2, 0.25) is 0 Å². The average molecular weight is 344 g/mol. The van der Waals surface area contributed by atoms with Gasteiger partial charge in [0, 0.05) is 47.6 Å². The maximum absolute atomic E-state index is 5.46. The molecule has 0 aromatic carbocycles. The van der Waals surface area contributed by atoms with Crippen LogP contribution in [0.3, 0.4) is 0 Å². The molecule has 6 heteroatoms. The van der Waals surface area contributed by atoms with E-state index in [0.29, 0.717) is 18.6 Å². The summed E-state index contributed by atoms with van der Waals surface area (Å²) in [6.45, 7) is 4.87. The van der Waals surface area contributed by atoms with Gasteiger partial charge in [0.15, 0.2) is 5.96 Å². The molecule has 1 aliphatic carbocycles. The van der Waals surface area contributed by atoms with Crippen LogP contribution in [0, 0.1) is 5.41 Å². The van der Waals surface area contributed by atoms with Crippen LogP contribution in [-0.2, 0) is 14.2 Å². The van der Waals surface area contributed by atoms with E-state index in [1.165, 1.54) is 25.7 Å². The Morgan fingerprint density at radius 3 is 2.38 bits per heavy atom. The lowest BCUT2D eigenvalue weighted by Gasteiger charge is -2.30. The van der Waals surface area contributed by atoms with E-state index in [9.17, 15) is 0 Å². The summed E-state index contributed by atoms with van der Waals surface area (Å²) in [5.74, 6) is 0.902. The van der Waals surface area contributed by atoms with Gasteiger partial charge in [-0.15, -0.1) is 0 Å². The standard InChI is InChI=1S/C18H37N3O3/c1-19-17(20-11-6-7-12-24-15-14-23-3)21-16-18(10-13-22-2)8-4-5-9-18/h4-16H2,1-3H3,(H2,19,20,21). The minimum absolute atomic E-state index is 0.378. The monoisotopic (exact) mass is 343 g/mol. The second kappa shape index (κ2) is 13.4. The van der Waals surface area contributed by atoms with Crippen molar-refractivity contribution < 1.29 is 14.2 Å². The quantitative estimate of drug-likeness (QED) is 0.305. The number of hydrogen-bond acceptors (Lipinski definition) is 4. The fourth-order valence-corrected chi connectivity index (χ4v) is 3.23. The van der Waals surface area contributed by atoms with Crippen LogP contribution < -0.4 is 10.6 Å². The largest absolute Gasteiger partial charge is 0.385 e. The Bertz CT molecular complexity index is 331. The number of guanidine groups is 1. The lowest BCUT2D eigenvalue weighted by atomic mass is 9.83. The lowest BCUT2D eigenvalue weighted by molar-refractivity contribution is 0.0689. The predicted molar refractivity (Wildman–Crippen MR) is 98.7 cm³/mol. The van der Waals surface area contributed by atoms with Gasteiger partial charge in [-0.3, -0.25) is 4.99 Å². The van der Waals surface area contributed by atoms with Gasteiger partial charge in [0.25, 0.3) is 0 Å². The summed E-state index contributed by atoms with van der Waals surface area (Å²) < 4.78 is 15.7. The number of methoxy groups -OCH3 is 2. The van der Waals surface area contributed by atoms with E-state index in [2.05, 4.69) is 15.6 Å². The molecule has 1 saturated carbocycles. The SMILES string of the molecule is CN=C(NCCCCOCCOC)NCC1(CCOC)CCCC1. The van der Waals surface area contributed by atoms with Crippen molar-refractivity contribution in [3.8, 4) is 0 Å². The Morgan fingerprint density at radius 2 is 1.71 bits per heavy atom. The highest BCUT2D eigenvalue weighted by Gasteiger charge is 2.33. The van der Waals surface area contributed by atoms with Crippen molar-refractivity contribution in [2.45, 2.75) is 44.9 Å². The summed E-state index contributed by atoms with van der Waals surface area (Å²) in [5.41, 5.74) is 0.378. The number of hydrogen-bond donors (Lipinski definition) is 2. The van der Waals surface area contributed by atoms with Crippen LogP contribution >= 0.6 is 0 Å². The van der Waals surface area contributed by atoms with Gasteiger partial charge < -0.3 is 24.8 Å². The zero-order valence-corrected chi connectivity index (χ0v) is 15.9. The normalized spacial score (nSPS) is 17.2. The number of unbranched alkanes of at least 4 members (excludes halogenated alkanes) is 1. The molecule has 0 spiro atoms. The van der Waals surface area contributed by atoms with Crippen molar-refractivity contribution >= 4 is 5.96 Å². The molecule has 0 unspecified atom stereocenters. The summed E-state index contributed by atoms with van der Waals surface area (Å²) >= 11 is 0. The zero-order valence-electron chi connectivity index (χ0n) is 15.9. The Morgan fingerprint density at radius 1 is 0.958 bits per heavy atom. The summed E-state index contributed by atoms with van der Waals surface area (Å²) in [6, 6.07) is 0. The Hall–Kier alpha value is -0.850. The Balaban J connectivity index is 2.15. The van der Waals surface area contributed by atoms with Crippen molar-refractivity contribution in [2.24, 2.45) is 10.4 Å². The highest BCUT2D eigenvalue weighted by atomic mass is 16.5. The molecule has 142 valence electrons. The van der Waals surface area contributed by atoms with Gasteiger partial charge in [-0.2, -0.15) is 0 Å². The first kappa shape index (κ1) is 21.2. The number of aliphatic imine (C=N–C) groups is 1. The molecule has 0 bridgehead atoms. The van der Waals surface area contributed by atoms with Gasteiger partial charge in [0.05, 0.1) is 13.2 Å². The fraction of sp³-hybridized carbons (Fsp3) is 0.944. The molecule has 1 rings (SSSR count). The summed E-state index contributed by atoms with van der Waals surface area (Å²) in [4.78, 5) is 4.33. The molecule has 0 aromatic rings. The van der Waals surface area contributed by atoms with Crippen LogP contribution in [-0.4, -0.2) is 66.7 Å². The lowest BCUT2D eigenvalue weighted by Crippen LogP contribution is -2.43. The maximum atomic E-state index is 5.46. The van der Waals surface area contributed by atoms with E-state index < -0.39 is 0 Å². The van der Waals surface area contributed by atoms with Crippen molar-refractivity contribution in [1.29, 1.82) is 0 Å². The van der Waals surface area contributed by atoms with Gasteiger partial charge in [-0.05, 0) is 37.5 Å². The second-order valence-corrected chi connectivity index (χ2v) is 6.61. The van der Waals surface area contributed by atoms with Gasteiger partial charge in [0.1, 0.15) is 0 Å². The summed E-state index contributed by atoms with van der Waals surface area (Å²) in [6.07, 6.45) is 8.50. The van der Waals surface area contributed by atoms with Crippen molar-refractivity contribution in [3.63, 3.8) is 0 Å². The third-order valence-electron chi connectivity index (χ3n) is 4.79. The van der Waals surface area contributed by atoms with Crippen molar-refractivity contribution in [3.05, 3.63) is 0 Å². The molecule has 0 radical (unpaired) electrons. The molecular formula is C18H37N3O3. The predicted octanol–water partition coefficient (Wildman–Crippen LogP) is 2.19. The third-order valence-corrected chi connectivity index (χ3v) is 4.79. The molecule has 0 amide bonds. The molecule has 0 aromatic heterocycles. The van der Waals surface area contributed by atoms with E-state index in [-0.39, 0.29) is 0 Å². The molecule has 0 heterocycles. The summed E-state index contributed by atoms with van der Waals surface area (Å²) in [7, 11) is 5.31. The molecule has 0 aliphatic heterocycles. The van der Waals surface area contributed by atoms with Crippen LogP contribution in [0.5, 0.6) is 0 Å². The Labute approximate surface area is 147 Å². The number of ether oxygens (including phenoxy) is 3. The first-order chi connectivity index (χ1) is 11.8. The Kier molecular flexibility index (Phi) is 11.9. The molecule has 0 atom stereocenters. The highest BCUT2D eigenvalue weighted by molar-refractivity contribution is 5.79. The number of rotatable bonds is 13. The number of nitrogens with one attached hydrogen (secondary N) is 2. The molecule has 6 nitrogen and oxygen atoms in total. The first-order valence-electron chi connectivity index (χ1n) is 9.26. The first-order valence-corrected chi connectivity index (χ1v) is 9.26. The van der Waals surface area contributed by atoms with Gasteiger partial charge in [-0.1, -0.05) is 12.8 Å². The summed E-state index contributed by atoms with van der Waals surface area (Å²) in [5, 5.41) is 6.91. The van der Waals surface area contributed by atoms with Crippen molar-refractivity contribution in [1.82, 2.24) is 10.6 Å². The van der Waals surface area contributed by atoms with Gasteiger partial charge in [-0.25, -0.2) is 0 Å². The van der Waals surface area contributed by atoms with Crippen LogP contribution in [0.2, 0.25) is 0 Å². The fourth-order valence-electron chi connectivity index (χ4n) is 3.23. The van der Waals surface area contributed by atoms with E-state index in [1.54, 1.807) is 14.2 Å². The molecule has 1 fully saturated rings. The molecule has 24 heavy (non-hydrogen) atoms. The minimum Gasteiger partial charge on any atom is -0.385 e. The molecular weight excluding hydrogens is 306 g/mol. The van der Waals surface area contributed by atoms with Crippen LogP contribution in [0.1, 0.15) is 44.9 Å². The molecule has 0 saturated heterocycles. The molecule has 2 N–H and O–H groups in total. The van der Waals surface area contributed by atoms with Crippen LogP contribution in [0.25, 0.3) is 0 Å². The van der Waals surface area contributed by atoms with E-state index in [0.717, 1.165) is 51.5 Å². The van der Waals surface area contributed by atoms with Crippen molar-refractivity contribution in [2.75, 3.05) is 60.8 Å². The smallest absolute Gasteiger partial charge is 0.190 e. The van der Waals surface area contributed by atoms with Crippen LogP contribution in [0.15, 0.2) is 4.99 Å². The average Bonchev–Trinajstić information content (AvgIpc) is 3.07. The minimum atomic E-state index is 0.378.